The Labute approximate surface area is 213 Å². The number of carbonyl (C=O) groups excluding carboxylic acids is 2. The number of esters is 1. The van der Waals surface area contributed by atoms with E-state index in [1.807, 2.05) is 44.2 Å². The van der Waals surface area contributed by atoms with Gasteiger partial charge >= 0.3 is 5.97 Å². The van der Waals surface area contributed by atoms with Crippen LogP contribution in [0.4, 0.5) is 0 Å². The summed E-state index contributed by atoms with van der Waals surface area (Å²) < 4.78 is 17.5. The van der Waals surface area contributed by atoms with E-state index >= 15 is 0 Å². The molecule has 198 valence electrons. The molecule has 0 heterocycles. The third-order valence-corrected chi connectivity index (χ3v) is 11.7. The predicted molar refractivity (Wildman–Crippen MR) is 143 cm³/mol. The van der Waals surface area contributed by atoms with Gasteiger partial charge in [0, 0.05) is 18.4 Å². The number of carbonyl (C=O) groups is 2. The summed E-state index contributed by atoms with van der Waals surface area (Å²) in [5, 5.41) is 10.7. The second-order valence-electron chi connectivity index (χ2n) is 11.1. The summed E-state index contributed by atoms with van der Waals surface area (Å²) in [6, 6.07) is 9.82. The van der Waals surface area contributed by atoms with E-state index in [1.54, 1.807) is 19.9 Å². The molecular weight excluding hydrogens is 460 g/mol. The van der Waals surface area contributed by atoms with E-state index in [1.165, 1.54) is 6.08 Å². The van der Waals surface area contributed by atoms with Crippen molar-refractivity contribution in [2.24, 2.45) is 11.3 Å². The molecule has 7 heteroatoms. The largest absolute Gasteiger partial charge is 0.463 e. The van der Waals surface area contributed by atoms with Crippen molar-refractivity contribution >= 4 is 20.1 Å². The molecule has 0 spiro atoms. The fourth-order valence-electron chi connectivity index (χ4n) is 3.29. The lowest BCUT2D eigenvalue weighted by atomic mass is 9.78. The van der Waals surface area contributed by atoms with Gasteiger partial charge < -0.3 is 19.0 Å². The lowest BCUT2D eigenvalue weighted by molar-refractivity contribution is -0.141. The molecule has 4 atom stereocenters. The molecule has 0 saturated heterocycles. The minimum absolute atomic E-state index is 0.0119. The van der Waals surface area contributed by atoms with Crippen molar-refractivity contribution in [2.75, 3.05) is 13.2 Å². The van der Waals surface area contributed by atoms with E-state index in [4.69, 9.17) is 13.9 Å². The highest BCUT2D eigenvalue weighted by atomic mass is 28.4. The Morgan fingerprint density at radius 3 is 2.23 bits per heavy atom. The third-order valence-electron chi connectivity index (χ3n) is 7.15. The Hall–Kier alpha value is -1.80. The van der Waals surface area contributed by atoms with Crippen LogP contribution < -0.4 is 0 Å². The topological polar surface area (TPSA) is 82.1 Å². The fourth-order valence-corrected chi connectivity index (χ4v) is 4.78. The number of aliphatic hydroxyl groups is 1. The molecule has 1 rings (SSSR count). The van der Waals surface area contributed by atoms with E-state index < -0.39 is 37.8 Å². The summed E-state index contributed by atoms with van der Waals surface area (Å²) in [7, 11) is -2.15. The number of rotatable bonds is 14. The van der Waals surface area contributed by atoms with E-state index in [9.17, 15) is 14.7 Å². The molecule has 0 unspecified atom stereocenters. The van der Waals surface area contributed by atoms with Gasteiger partial charge in [-0.05, 0) is 44.5 Å². The van der Waals surface area contributed by atoms with Gasteiger partial charge in [-0.2, -0.15) is 0 Å². The van der Waals surface area contributed by atoms with Gasteiger partial charge in [-0.3, -0.25) is 4.79 Å². The van der Waals surface area contributed by atoms with Gasteiger partial charge in [0.05, 0.1) is 37.4 Å². The number of Topliss-reactive ketones (excluding diaryl/α,β-unsaturated/α-hetero) is 1. The molecule has 6 nitrogen and oxygen atoms in total. The monoisotopic (exact) mass is 506 g/mol. The minimum atomic E-state index is -2.15. The van der Waals surface area contributed by atoms with Crippen LogP contribution in [0.2, 0.25) is 18.1 Å². The summed E-state index contributed by atoms with van der Waals surface area (Å²) >= 11 is 0. The molecule has 1 aromatic rings. The molecule has 0 radical (unpaired) electrons. The van der Waals surface area contributed by atoms with Crippen molar-refractivity contribution < 1.29 is 28.6 Å². The van der Waals surface area contributed by atoms with Gasteiger partial charge in [0.2, 0.25) is 0 Å². The highest BCUT2D eigenvalue weighted by Crippen LogP contribution is 2.40. The van der Waals surface area contributed by atoms with Crippen LogP contribution in [0.3, 0.4) is 0 Å². The normalized spacial score (nSPS) is 17.0. The lowest BCUT2D eigenvalue weighted by Crippen LogP contribution is -2.52. The van der Waals surface area contributed by atoms with Crippen molar-refractivity contribution in [3.63, 3.8) is 0 Å². The van der Waals surface area contributed by atoms with Crippen LogP contribution in [-0.4, -0.2) is 50.6 Å². The van der Waals surface area contributed by atoms with Crippen LogP contribution in [0.1, 0.15) is 60.5 Å². The Morgan fingerprint density at radius 2 is 1.69 bits per heavy atom. The van der Waals surface area contributed by atoms with Crippen LogP contribution in [0.25, 0.3) is 0 Å². The Morgan fingerprint density at radius 1 is 1.09 bits per heavy atom. The number of ether oxygens (including phenoxy) is 2. The van der Waals surface area contributed by atoms with Crippen LogP contribution in [0.15, 0.2) is 42.5 Å². The predicted octanol–water partition coefficient (Wildman–Crippen LogP) is 5.70. The van der Waals surface area contributed by atoms with Crippen molar-refractivity contribution in [1.29, 1.82) is 0 Å². The van der Waals surface area contributed by atoms with E-state index in [-0.39, 0.29) is 30.5 Å². The van der Waals surface area contributed by atoms with Gasteiger partial charge in [-0.15, -0.1) is 0 Å². The molecule has 0 bridgehead atoms. The van der Waals surface area contributed by atoms with Gasteiger partial charge in [0.15, 0.2) is 8.32 Å². The second-order valence-corrected chi connectivity index (χ2v) is 15.8. The van der Waals surface area contributed by atoms with Crippen molar-refractivity contribution in [1.82, 2.24) is 0 Å². The molecule has 0 amide bonds. The lowest BCUT2D eigenvalue weighted by Gasteiger charge is -2.43. The zero-order valence-corrected chi connectivity index (χ0v) is 24.1. The number of benzene rings is 1. The molecule has 0 fully saturated rings. The summed E-state index contributed by atoms with van der Waals surface area (Å²) in [5.41, 5.74) is 0.0774. The summed E-state index contributed by atoms with van der Waals surface area (Å²) in [5.74, 6) is -0.983. The third kappa shape index (κ3) is 9.64. The first kappa shape index (κ1) is 31.2. The Kier molecular flexibility index (Phi) is 12.0. The van der Waals surface area contributed by atoms with Gasteiger partial charge in [0.25, 0.3) is 0 Å². The molecule has 1 N–H and O–H groups in total. The number of aliphatic hydroxyl groups excluding tert-OH is 1. The highest BCUT2D eigenvalue weighted by molar-refractivity contribution is 6.74. The molecule has 35 heavy (non-hydrogen) atoms. The average Bonchev–Trinajstić information content (AvgIpc) is 2.77. The molecule has 0 aliphatic heterocycles. The average molecular weight is 507 g/mol. The first-order valence-corrected chi connectivity index (χ1v) is 15.4. The van der Waals surface area contributed by atoms with Crippen molar-refractivity contribution in [3.8, 4) is 0 Å². The summed E-state index contributed by atoms with van der Waals surface area (Å²) in [6.45, 7) is 19.0. The maximum atomic E-state index is 13.6. The molecular formula is C28H46O6Si. The molecule has 0 aromatic heterocycles. The summed E-state index contributed by atoms with van der Waals surface area (Å²) in [4.78, 5) is 25.2. The van der Waals surface area contributed by atoms with E-state index in [2.05, 4.69) is 33.9 Å². The number of ketones is 1. The van der Waals surface area contributed by atoms with E-state index in [0.29, 0.717) is 6.61 Å². The quantitative estimate of drug-likeness (QED) is 0.198. The van der Waals surface area contributed by atoms with Crippen LogP contribution in [0, 0.1) is 11.3 Å². The fraction of sp³-hybridized carbons (Fsp3) is 0.643. The minimum Gasteiger partial charge on any atom is -0.463 e. The van der Waals surface area contributed by atoms with Crippen molar-refractivity contribution in [2.45, 2.75) is 91.8 Å². The van der Waals surface area contributed by atoms with Crippen LogP contribution >= 0.6 is 0 Å². The smallest absolute Gasteiger partial charge is 0.330 e. The Balaban J connectivity index is 3.03. The molecule has 0 aliphatic carbocycles. The standard InChI is InChI=1S/C28H46O6Si/c1-10-33-26(31)17-16-21(2)24(29)18-25(30)28(7,20-32-19-23-14-12-11-13-15-23)22(3)34-35(8,9)27(4,5)6/h11-17,21-22,24,29H,10,18-20H2,1-9H3/b17-16+/t21-,22-,24+,28-/m0/s1. The zero-order valence-electron chi connectivity index (χ0n) is 23.1. The first-order chi connectivity index (χ1) is 16.1. The SMILES string of the molecule is CCOC(=O)/C=C/[C@H](C)[C@H](O)CC(=O)[C@@](C)(COCc1ccccc1)[C@H](C)O[Si](C)(C)C(C)(C)C. The maximum Gasteiger partial charge on any atom is 0.330 e. The number of hydrogen-bond acceptors (Lipinski definition) is 6. The highest BCUT2D eigenvalue weighted by Gasteiger charge is 2.46. The Bertz CT molecular complexity index is 830. The van der Waals surface area contributed by atoms with Crippen molar-refractivity contribution in [3.05, 3.63) is 48.0 Å². The molecule has 0 saturated carbocycles. The van der Waals surface area contributed by atoms with Crippen LogP contribution in [-0.2, 0) is 30.1 Å². The van der Waals surface area contributed by atoms with Gasteiger partial charge in [0.1, 0.15) is 5.78 Å². The van der Waals surface area contributed by atoms with E-state index in [0.717, 1.165) is 5.56 Å². The van der Waals surface area contributed by atoms with Crippen LogP contribution in [0.5, 0.6) is 0 Å². The maximum absolute atomic E-state index is 13.6. The first-order valence-electron chi connectivity index (χ1n) is 12.5. The van der Waals surface area contributed by atoms with Gasteiger partial charge in [-0.1, -0.05) is 64.1 Å². The zero-order chi connectivity index (χ0) is 26.9. The molecule has 0 aliphatic rings. The molecule has 1 aromatic carbocycles. The van der Waals surface area contributed by atoms with Gasteiger partial charge in [-0.25, -0.2) is 4.79 Å². The number of hydrogen-bond donors (Lipinski definition) is 1. The summed E-state index contributed by atoms with van der Waals surface area (Å²) in [6.07, 6.45) is 1.47. The second kappa shape index (κ2) is 13.5.